The van der Waals surface area contributed by atoms with Crippen LogP contribution in [0.25, 0.3) is 0 Å². The predicted octanol–water partition coefficient (Wildman–Crippen LogP) is 6.35. The third-order valence-corrected chi connectivity index (χ3v) is 8.45. The molecule has 8 nitrogen and oxygen atoms in total. The Balaban J connectivity index is 1.42. The molecule has 0 unspecified atom stereocenters. The summed E-state index contributed by atoms with van der Waals surface area (Å²) in [7, 11) is 0. The molecule has 3 aliphatic rings. The van der Waals surface area contributed by atoms with Gasteiger partial charge in [0.15, 0.2) is 11.6 Å². The highest BCUT2D eigenvalue weighted by Crippen LogP contribution is 2.41. The average Bonchev–Trinajstić information content (AvgIpc) is 3.05. The van der Waals surface area contributed by atoms with Gasteiger partial charge in [0.25, 0.3) is 0 Å². The monoisotopic (exact) mass is 618 g/mol. The molecule has 0 bridgehead atoms. The van der Waals surface area contributed by atoms with E-state index in [1.54, 1.807) is 36.4 Å². The van der Waals surface area contributed by atoms with E-state index in [0.29, 0.717) is 0 Å². The normalized spacial score (nSPS) is 15.6. The second-order valence-electron chi connectivity index (χ2n) is 10.2. The summed E-state index contributed by atoms with van der Waals surface area (Å²) in [6.45, 7) is 0. The van der Waals surface area contributed by atoms with E-state index in [1.165, 1.54) is 48.5 Å². The van der Waals surface area contributed by atoms with Crippen LogP contribution in [0.5, 0.6) is 0 Å². The van der Waals surface area contributed by atoms with Crippen LogP contribution in [0.15, 0.2) is 106 Å². The van der Waals surface area contributed by atoms with Crippen LogP contribution in [0.4, 0.5) is 11.4 Å². The summed E-state index contributed by atoms with van der Waals surface area (Å²) in [6.07, 6.45) is 0. The van der Waals surface area contributed by atoms with E-state index >= 15 is 0 Å². The Hall–Kier alpha value is -5.44. The van der Waals surface area contributed by atoms with Crippen LogP contribution in [0.3, 0.4) is 0 Å². The number of hydrogen-bond donors (Lipinski definition) is 2. The standard InChI is InChI=1S/C34H16Cl2N2O6/c35-24-27(33(43)19-11-5-3-9-17(19)31(24)41)37-22-14-13-21-23(30(40)16-8-2-1-7-15(16)29(21)39)26(22)38-28-25(36)32(42)18-10-4-6-12-20(18)34(28)44/h1-14,37-38H. The lowest BCUT2D eigenvalue weighted by Gasteiger charge is -2.27. The molecule has 0 heterocycles. The zero-order chi connectivity index (χ0) is 30.9. The molecule has 0 radical (unpaired) electrons. The smallest absolute Gasteiger partial charge is 0.211 e. The minimum absolute atomic E-state index is 0.0185. The van der Waals surface area contributed by atoms with Crippen LogP contribution in [0, 0.1) is 0 Å². The van der Waals surface area contributed by atoms with Gasteiger partial charge in [-0.15, -0.1) is 0 Å². The van der Waals surface area contributed by atoms with Crippen molar-refractivity contribution in [3.05, 3.63) is 151 Å². The Labute approximate surface area is 259 Å². The molecule has 0 aromatic heterocycles. The minimum atomic E-state index is -0.626. The Kier molecular flexibility index (Phi) is 6.28. The molecule has 0 saturated heterocycles. The molecule has 0 fully saturated rings. The number of halogens is 2. The number of allylic oxidation sites excluding steroid dienone is 4. The van der Waals surface area contributed by atoms with Crippen molar-refractivity contribution in [3.8, 4) is 0 Å². The zero-order valence-electron chi connectivity index (χ0n) is 22.3. The summed E-state index contributed by atoms with van der Waals surface area (Å²) < 4.78 is 0. The topological polar surface area (TPSA) is 126 Å². The third kappa shape index (κ3) is 3.92. The molecule has 0 atom stereocenters. The number of carbonyl (C=O) groups excluding carboxylic acids is 6. The molecule has 10 heteroatoms. The fourth-order valence-electron chi connectivity index (χ4n) is 5.59. The fraction of sp³-hybridized carbons (Fsp3) is 0. The maximum Gasteiger partial charge on any atom is 0.211 e. The zero-order valence-corrected chi connectivity index (χ0v) is 23.8. The van der Waals surface area contributed by atoms with E-state index in [9.17, 15) is 28.8 Å². The number of hydrogen-bond acceptors (Lipinski definition) is 8. The molecule has 44 heavy (non-hydrogen) atoms. The van der Waals surface area contributed by atoms with Crippen molar-refractivity contribution in [3.63, 3.8) is 0 Å². The first-order valence-electron chi connectivity index (χ1n) is 13.2. The predicted molar refractivity (Wildman–Crippen MR) is 163 cm³/mol. The molecule has 7 rings (SSSR count). The average molecular weight is 619 g/mol. The van der Waals surface area contributed by atoms with Gasteiger partial charge in [-0.1, -0.05) is 96.0 Å². The Bertz CT molecular complexity index is 2160. The molecule has 0 amide bonds. The van der Waals surface area contributed by atoms with Crippen molar-refractivity contribution in [2.45, 2.75) is 0 Å². The largest absolute Gasteiger partial charge is 0.349 e. The molecule has 3 aliphatic carbocycles. The number of rotatable bonds is 4. The van der Waals surface area contributed by atoms with Gasteiger partial charge in [-0.3, -0.25) is 28.8 Å². The van der Waals surface area contributed by atoms with E-state index in [0.717, 1.165) is 0 Å². The Morgan fingerprint density at radius 3 is 1.25 bits per heavy atom. The van der Waals surface area contributed by atoms with Gasteiger partial charge in [-0.2, -0.15) is 0 Å². The van der Waals surface area contributed by atoms with Crippen molar-refractivity contribution < 1.29 is 28.8 Å². The van der Waals surface area contributed by atoms with Gasteiger partial charge in [0.05, 0.1) is 16.9 Å². The second-order valence-corrected chi connectivity index (χ2v) is 10.9. The highest BCUT2D eigenvalue weighted by molar-refractivity contribution is 6.51. The van der Waals surface area contributed by atoms with Crippen LogP contribution < -0.4 is 10.6 Å². The maximum atomic E-state index is 14.0. The van der Waals surface area contributed by atoms with Crippen LogP contribution in [-0.2, 0) is 0 Å². The Morgan fingerprint density at radius 2 is 0.773 bits per heavy atom. The SMILES string of the molecule is O=C1C(Cl)=C(Nc2ccc3c(c2NC2=C(Cl)C(=O)c4ccccc4C2=O)C(=O)c2ccccc2C3=O)C(=O)c2ccccc21. The molecule has 4 aromatic rings. The summed E-state index contributed by atoms with van der Waals surface area (Å²) >= 11 is 12.9. The van der Waals surface area contributed by atoms with Gasteiger partial charge < -0.3 is 10.6 Å². The van der Waals surface area contributed by atoms with Crippen molar-refractivity contribution in [2.24, 2.45) is 0 Å². The molecule has 2 N–H and O–H groups in total. The lowest BCUT2D eigenvalue weighted by molar-refractivity contribution is 0.0978. The highest BCUT2D eigenvalue weighted by atomic mass is 35.5. The number of benzene rings is 4. The number of ketones is 6. The first-order valence-corrected chi connectivity index (χ1v) is 14.0. The molecular weight excluding hydrogens is 603 g/mol. The van der Waals surface area contributed by atoms with Crippen molar-refractivity contribution in [1.29, 1.82) is 0 Å². The van der Waals surface area contributed by atoms with E-state index in [4.69, 9.17) is 23.2 Å². The quantitative estimate of drug-likeness (QED) is 0.239. The van der Waals surface area contributed by atoms with Crippen LogP contribution in [0.2, 0.25) is 0 Å². The molecule has 212 valence electrons. The highest BCUT2D eigenvalue weighted by Gasteiger charge is 2.38. The fourth-order valence-corrected chi connectivity index (χ4v) is 6.06. The first kappa shape index (κ1) is 27.4. The van der Waals surface area contributed by atoms with Crippen molar-refractivity contribution in [2.75, 3.05) is 10.6 Å². The van der Waals surface area contributed by atoms with Crippen LogP contribution in [-0.4, -0.2) is 34.7 Å². The van der Waals surface area contributed by atoms with E-state index < -0.39 is 39.7 Å². The minimum Gasteiger partial charge on any atom is -0.349 e. The Morgan fingerprint density at radius 1 is 0.386 bits per heavy atom. The van der Waals surface area contributed by atoms with E-state index in [2.05, 4.69) is 10.6 Å². The number of carbonyl (C=O) groups is 6. The molecule has 0 spiro atoms. The number of anilines is 2. The van der Waals surface area contributed by atoms with Gasteiger partial charge in [0.1, 0.15) is 21.5 Å². The number of nitrogens with one attached hydrogen (secondary N) is 2. The van der Waals surface area contributed by atoms with Gasteiger partial charge >= 0.3 is 0 Å². The summed E-state index contributed by atoms with van der Waals surface area (Å²) in [5.74, 6) is -3.42. The number of fused-ring (bicyclic) bond motifs is 4. The lowest BCUT2D eigenvalue weighted by Crippen LogP contribution is -2.28. The molecule has 0 aliphatic heterocycles. The summed E-state index contributed by atoms with van der Waals surface area (Å²) in [6, 6.07) is 21.4. The second kappa shape index (κ2) is 10.1. The van der Waals surface area contributed by atoms with Gasteiger partial charge in [0.2, 0.25) is 23.1 Å². The van der Waals surface area contributed by atoms with Crippen molar-refractivity contribution in [1.82, 2.24) is 0 Å². The van der Waals surface area contributed by atoms with Crippen molar-refractivity contribution >= 4 is 69.3 Å². The van der Waals surface area contributed by atoms with E-state index in [1.807, 2.05) is 0 Å². The summed E-state index contributed by atoms with van der Waals surface area (Å²) in [5, 5.41) is 4.91. The summed E-state index contributed by atoms with van der Waals surface area (Å²) in [4.78, 5) is 80.8. The van der Waals surface area contributed by atoms with Gasteiger partial charge in [-0.25, -0.2) is 0 Å². The molecule has 4 aromatic carbocycles. The van der Waals surface area contributed by atoms with Crippen LogP contribution >= 0.6 is 23.2 Å². The van der Waals surface area contributed by atoms with E-state index in [-0.39, 0.29) is 72.3 Å². The first-order chi connectivity index (χ1) is 21.2. The molecule has 0 saturated carbocycles. The summed E-state index contributed by atoms with van der Waals surface area (Å²) in [5.41, 5.74) is -0.0224. The lowest BCUT2D eigenvalue weighted by atomic mass is 9.82. The van der Waals surface area contributed by atoms with Gasteiger partial charge in [0, 0.05) is 38.9 Å². The molecular formula is C34H16Cl2N2O6. The van der Waals surface area contributed by atoms with Gasteiger partial charge in [-0.05, 0) is 12.1 Å². The number of Topliss-reactive ketones (excluding diaryl/α,β-unsaturated/α-hetero) is 4. The third-order valence-electron chi connectivity index (χ3n) is 7.73. The van der Waals surface area contributed by atoms with Crippen LogP contribution in [0.1, 0.15) is 73.3 Å². The maximum absolute atomic E-state index is 14.0.